The van der Waals surface area contributed by atoms with Crippen molar-refractivity contribution in [1.29, 1.82) is 0 Å². The zero-order chi connectivity index (χ0) is 32.0. The van der Waals surface area contributed by atoms with Gasteiger partial charge in [0.2, 0.25) is 17.7 Å². The van der Waals surface area contributed by atoms with Gasteiger partial charge in [-0.1, -0.05) is 33.1 Å². The topological polar surface area (TPSA) is 121 Å². The first-order valence-corrected chi connectivity index (χ1v) is 16.3. The van der Waals surface area contributed by atoms with Crippen LogP contribution < -0.4 is 10.6 Å². The molecule has 44 heavy (non-hydrogen) atoms. The Hall–Kier alpha value is -2.74. The van der Waals surface area contributed by atoms with Crippen LogP contribution >= 0.6 is 11.3 Å². The first-order chi connectivity index (χ1) is 20.7. The Balaban J connectivity index is 1.33. The van der Waals surface area contributed by atoms with Crippen molar-refractivity contribution in [2.24, 2.45) is 28.6 Å². The number of hydrogen-bond donors (Lipinski definition) is 2. The quantitative estimate of drug-likeness (QED) is 0.427. The van der Waals surface area contributed by atoms with Gasteiger partial charge in [-0.25, -0.2) is 4.98 Å². The maximum atomic E-state index is 13.9. The van der Waals surface area contributed by atoms with E-state index in [1.54, 1.807) is 11.8 Å². The molecule has 2 aliphatic carbocycles. The lowest BCUT2D eigenvalue weighted by Gasteiger charge is -2.50. The van der Waals surface area contributed by atoms with Crippen LogP contribution in [-0.2, 0) is 25.3 Å². The van der Waals surface area contributed by atoms with Gasteiger partial charge in [-0.05, 0) is 37.5 Å². The van der Waals surface area contributed by atoms with Crippen molar-refractivity contribution in [1.82, 2.24) is 25.4 Å². The zero-order valence-electron chi connectivity index (χ0n) is 25.7. The van der Waals surface area contributed by atoms with Crippen molar-refractivity contribution in [3.63, 3.8) is 0 Å². The SMILES string of the molecule is CNC(=O)[C@@H](NC(=O)[C@@H]1CN(C(=O)c2scnc2C(F)(F)F)CC12CN(C(=O)[C@H]1CC1(C)C)C2)[C@@H](C)OCC1CCCCC1. The van der Waals surface area contributed by atoms with E-state index in [0.717, 1.165) is 37.6 Å². The number of ether oxygens (including phenoxy) is 1. The van der Waals surface area contributed by atoms with Crippen LogP contribution in [0.3, 0.4) is 0 Å². The molecule has 1 aromatic heterocycles. The molecule has 4 aliphatic rings. The molecule has 14 heteroatoms. The van der Waals surface area contributed by atoms with Gasteiger partial charge in [0.25, 0.3) is 5.91 Å². The summed E-state index contributed by atoms with van der Waals surface area (Å²) in [6.45, 7) is 6.50. The lowest BCUT2D eigenvalue weighted by molar-refractivity contribution is -0.152. The number of aromatic nitrogens is 1. The van der Waals surface area contributed by atoms with Gasteiger partial charge in [-0.2, -0.15) is 13.2 Å². The Morgan fingerprint density at radius 2 is 1.73 bits per heavy atom. The summed E-state index contributed by atoms with van der Waals surface area (Å²) in [5, 5.41) is 5.42. The van der Waals surface area contributed by atoms with Crippen LogP contribution in [0, 0.1) is 28.6 Å². The van der Waals surface area contributed by atoms with Crippen LogP contribution in [0.4, 0.5) is 13.2 Å². The monoisotopic (exact) mass is 641 g/mol. The fourth-order valence-corrected chi connectivity index (χ4v) is 7.84. The minimum Gasteiger partial charge on any atom is -0.376 e. The van der Waals surface area contributed by atoms with E-state index in [4.69, 9.17) is 4.74 Å². The van der Waals surface area contributed by atoms with Crippen molar-refractivity contribution in [3.8, 4) is 0 Å². The van der Waals surface area contributed by atoms with Gasteiger partial charge in [0.15, 0.2) is 5.69 Å². The number of thiazole rings is 1. The van der Waals surface area contributed by atoms with Crippen molar-refractivity contribution in [2.45, 2.75) is 77.6 Å². The third-order valence-corrected chi connectivity index (χ3v) is 10.8. The van der Waals surface area contributed by atoms with E-state index >= 15 is 0 Å². The molecule has 2 aliphatic heterocycles. The van der Waals surface area contributed by atoms with E-state index in [0.29, 0.717) is 23.9 Å². The lowest BCUT2D eigenvalue weighted by atomic mass is 9.70. The molecule has 4 fully saturated rings. The summed E-state index contributed by atoms with van der Waals surface area (Å²) in [4.78, 5) is 59.1. The zero-order valence-corrected chi connectivity index (χ0v) is 26.5. The number of hydrogen-bond acceptors (Lipinski definition) is 7. The number of carbonyl (C=O) groups is 4. The van der Waals surface area contributed by atoms with E-state index in [9.17, 15) is 32.3 Å². The first-order valence-electron chi connectivity index (χ1n) is 15.4. The van der Waals surface area contributed by atoms with E-state index < -0.39 is 57.9 Å². The molecule has 0 radical (unpaired) electrons. The van der Waals surface area contributed by atoms with Gasteiger partial charge in [0.05, 0.1) is 17.5 Å². The van der Waals surface area contributed by atoms with E-state index in [-0.39, 0.29) is 43.4 Å². The fourth-order valence-electron chi connectivity index (χ4n) is 7.07. The smallest absolute Gasteiger partial charge is 0.376 e. The van der Waals surface area contributed by atoms with Gasteiger partial charge in [0.1, 0.15) is 10.9 Å². The standard InChI is InChI=1S/C30H42F3N5O5S/c1-17(43-12-18-8-6-5-7-9-18)21(25(40)34-4)36-24(39)20-11-37(27(42)22-23(30(31,32)33)35-16-44-22)13-29(20)14-38(15-29)26(41)19-10-28(19,2)3/h16-21H,5-15H2,1-4H3,(H,34,40)(H,36,39)/t17-,19-,20+,21+/m1/s1. The van der Waals surface area contributed by atoms with Gasteiger partial charge < -0.3 is 25.2 Å². The molecule has 244 valence electrons. The molecule has 1 spiro atoms. The number of nitrogens with zero attached hydrogens (tertiary/aromatic N) is 3. The largest absolute Gasteiger partial charge is 0.434 e. The molecule has 0 aromatic carbocycles. The molecule has 4 amide bonds. The molecule has 5 rings (SSSR count). The highest BCUT2D eigenvalue weighted by Gasteiger charge is 2.62. The Bertz CT molecular complexity index is 1270. The summed E-state index contributed by atoms with van der Waals surface area (Å²) in [5.41, 5.74) is -1.21. The fraction of sp³-hybridized carbons (Fsp3) is 0.767. The summed E-state index contributed by atoms with van der Waals surface area (Å²) in [7, 11) is 1.47. The Kier molecular flexibility index (Phi) is 9.07. The van der Waals surface area contributed by atoms with Gasteiger partial charge in [-0.15, -0.1) is 11.3 Å². The van der Waals surface area contributed by atoms with E-state index in [2.05, 4.69) is 15.6 Å². The normalized spacial score (nSPS) is 25.7. The van der Waals surface area contributed by atoms with Crippen LogP contribution in [0.25, 0.3) is 0 Å². The number of carbonyl (C=O) groups excluding carboxylic acids is 4. The average molecular weight is 642 g/mol. The van der Waals surface area contributed by atoms with Gasteiger partial charge in [-0.3, -0.25) is 19.2 Å². The molecule has 10 nitrogen and oxygen atoms in total. The molecule has 2 saturated carbocycles. The third-order valence-electron chi connectivity index (χ3n) is 10.0. The number of halogens is 3. The van der Waals surface area contributed by atoms with Crippen LogP contribution in [0.15, 0.2) is 5.51 Å². The second-order valence-electron chi connectivity index (χ2n) is 13.7. The molecule has 1 aromatic rings. The maximum Gasteiger partial charge on any atom is 0.434 e. The van der Waals surface area contributed by atoms with E-state index in [1.807, 2.05) is 13.8 Å². The van der Waals surface area contributed by atoms with Crippen LogP contribution in [-0.4, -0.2) is 90.4 Å². The van der Waals surface area contributed by atoms with Gasteiger partial charge in [0, 0.05) is 51.2 Å². The van der Waals surface area contributed by atoms with Crippen LogP contribution in [0.5, 0.6) is 0 Å². The molecule has 0 unspecified atom stereocenters. The van der Waals surface area contributed by atoms with Crippen LogP contribution in [0.1, 0.15) is 74.7 Å². The number of amides is 4. The third kappa shape index (κ3) is 6.47. The molecule has 2 N–H and O–H groups in total. The summed E-state index contributed by atoms with van der Waals surface area (Å²) in [5.74, 6) is -2.36. The lowest BCUT2D eigenvalue weighted by Crippen LogP contribution is -2.65. The summed E-state index contributed by atoms with van der Waals surface area (Å²) in [6, 6.07) is -1.01. The second-order valence-corrected chi connectivity index (χ2v) is 14.6. The van der Waals surface area contributed by atoms with Crippen molar-refractivity contribution in [3.05, 3.63) is 16.1 Å². The van der Waals surface area contributed by atoms with Crippen molar-refractivity contribution < 1.29 is 37.1 Å². The number of alkyl halides is 3. The maximum absolute atomic E-state index is 13.9. The summed E-state index contributed by atoms with van der Waals surface area (Å²) < 4.78 is 46.8. The molecule has 4 atom stereocenters. The predicted molar refractivity (Wildman–Crippen MR) is 155 cm³/mol. The minimum absolute atomic E-state index is 0.00926. The highest BCUT2D eigenvalue weighted by atomic mass is 32.1. The highest BCUT2D eigenvalue weighted by Crippen LogP contribution is 2.54. The molecule has 0 bridgehead atoms. The number of likely N-dealkylation sites (N-methyl/N-ethyl adjacent to an activating group) is 1. The first kappa shape index (κ1) is 32.6. The summed E-state index contributed by atoms with van der Waals surface area (Å²) >= 11 is 0.606. The Morgan fingerprint density at radius 1 is 1.09 bits per heavy atom. The molecular weight excluding hydrogens is 599 g/mol. The minimum atomic E-state index is -4.80. The number of rotatable bonds is 9. The summed E-state index contributed by atoms with van der Waals surface area (Å²) in [6.07, 6.45) is 0.920. The number of nitrogens with one attached hydrogen (secondary N) is 2. The highest BCUT2D eigenvalue weighted by molar-refractivity contribution is 7.11. The number of likely N-dealkylation sites (tertiary alicyclic amines) is 2. The van der Waals surface area contributed by atoms with Crippen molar-refractivity contribution in [2.75, 3.05) is 39.8 Å². The Morgan fingerprint density at radius 3 is 2.32 bits per heavy atom. The average Bonchev–Trinajstić information content (AvgIpc) is 3.31. The van der Waals surface area contributed by atoms with E-state index in [1.165, 1.54) is 18.4 Å². The predicted octanol–water partition coefficient (Wildman–Crippen LogP) is 3.32. The molecular formula is C30H42F3N5O5S. The van der Waals surface area contributed by atoms with Gasteiger partial charge >= 0.3 is 6.18 Å². The Labute approximate surface area is 259 Å². The molecule has 3 heterocycles. The van der Waals surface area contributed by atoms with Crippen LogP contribution in [0.2, 0.25) is 0 Å². The van der Waals surface area contributed by atoms with Crippen molar-refractivity contribution >= 4 is 35.0 Å². The molecule has 2 saturated heterocycles. The second kappa shape index (κ2) is 12.2.